The molecule has 1 aliphatic heterocycles. The van der Waals surface area contributed by atoms with Crippen molar-refractivity contribution in [1.29, 1.82) is 0 Å². The highest BCUT2D eigenvalue weighted by Crippen LogP contribution is 2.13. The quantitative estimate of drug-likeness (QED) is 0.700. The minimum Gasteiger partial charge on any atom is -0.301 e. The van der Waals surface area contributed by atoms with Gasteiger partial charge in [-0.15, -0.1) is 0 Å². The first kappa shape index (κ1) is 10.3. The molecule has 1 aliphatic rings. The topological polar surface area (TPSA) is 84.3 Å². The lowest BCUT2D eigenvalue weighted by atomic mass is 10.3. The van der Waals surface area contributed by atoms with Gasteiger partial charge in [-0.1, -0.05) is 0 Å². The van der Waals surface area contributed by atoms with Crippen LogP contribution in [0.4, 0.5) is 10.6 Å². The van der Waals surface area contributed by atoms with Crippen LogP contribution in [0.15, 0.2) is 12.3 Å². The van der Waals surface area contributed by atoms with Gasteiger partial charge in [0.2, 0.25) is 5.91 Å². The lowest BCUT2D eigenvalue weighted by Gasteiger charge is -2.24. The van der Waals surface area contributed by atoms with E-state index < -0.39 is 6.03 Å². The van der Waals surface area contributed by atoms with Crippen LogP contribution in [0, 0.1) is 0 Å². The molecular formula is C9H10N4O3. The van der Waals surface area contributed by atoms with Crippen LogP contribution in [-0.4, -0.2) is 34.5 Å². The van der Waals surface area contributed by atoms with Crippen LogP contribution < -0.4 is 10.2 Å². The van der Waals surface area contributed by atoms with Crippen molar-refractivity contribution < 1.29 is 14.4 Å². The number of hydrogen-bond acceptors (Lipinski definition) is 4. The average Bonchev–Trinajstić information content (AvgIpc) is 2.67. The van der Waals surface area contributed by atoms with E-state index in [0.717, 1.165) is 6.29 Å². The van der Waals surface area contributed by atoms with Gasteiger partial charge in [0.1, 0.15) is 6.29 Å². The zero-order valence-electron chi connectivity index (χ0n) is 8.42. The number of carbonyl (C=O) groups excluding carboxylic acids is 3. The van der Waals surface area contributed by atoms with E-state index in [0.29, 0.717) is 12.4 Å². The normalized spacial score (nSPS) is 16.1. The molecule has 2 heterocycles. The molecule has 16 heavy (non-hydrogen) atoms. The predicted octanol–water partition coefficient (Wildman–Crippen LogP) is -0.472. The van der Waals surface area contributed by atoms with Crippen LogP contribution in [0.1, 0.15) is 6.42 Å². The van der Waals surface area contributed by atoms with E-state index >= 15 is 0 Å². The maximum absolute atomic E-state index is 11.4. The Morgan fingerprint density at radius 1 is 1.50 bits per heavy atom. The summed E-state index contributed by atoms with van der Waals surface area (Å²) in [5.41, 5.74) is 0. The van der Waals surface area contributed by atoms with Gasteiger partial charge in [-0.05, 0) is 0 Å². The third-order valence-corrected chi connectivity index (χ3v) is 2.22. The first-order valence-corrected chi connectivity index (χ1v) is 4.79. The predicted molar refractivity (Wildman–Crippen MR) is 53.8 cm³/mol. The Labute approximate surface area is 91.0 Å². The molecule has 0 aliphatic carbocycles. The summed E-state index contributed by atoms with van der Waals surface area (Å²) in [6, 6.07) is 1.14. The number of carbonyl (C=O) groups is 3. The molecule has 0 aromatic carbocycles. The summed E-state index contributed by atoms with van der Waals surface area (Å²) in [7, 11) is 0. The molecule has 0 unspecified atom stereocenters. The Bertz CT molecular complexity index is 440. The van der Waals surface area contributed by atoms with Gasteiger partial charge < -0.3 is 4.79 Å². The van der Waals surface area contributed by atoms with Crippen LogP contribution >= 0.6 is 0 Å². The molecule has 7 nitrogen and oxygen atoms in total. The third kappa shape index (κ3) is 1.92. The van der Waals surface area contributed by atoms with Crippen LogP contribution in [-0.2, 0) is 16.1 Å². The van der Waals surface area contributed by atoms with Crippen LogP contribution in [0.5, 0.6) is 0 Å². The highest BCUT2D eigenvalue weighted by molar-refractivity contribution is 6.05. The number of aldehydes is 1. The molecule has 0 radical (unpaired) electrons. The molecule has 1 aromatic rings. The SMILES string of the molecule is O=CCn1ccc(N2CCC(=O)NC2=O)n1. The number of imide groups is 1. The Hall–Kier alpha value is -2.18. The van der Waals surface area contributed by atoms with E-state index in [1.807, 2.05) is 0 Å². The van der Waals surface area contributed by atoms with E-state index in [1.165, 1.54) is 9.58 Å². The molecule has 3 amide bonds. The van der Waals surface area contributed by atoms with Crippen LogP contribution in [0.3, 0.4) is 0 Å². The molecule has 2 rings (SSSR count). The molecule has 0 bridgehead atoms. The van der Waals surface area contributed by atoms with Gasteiger partial charge in [0.15, 0.2) is 5.82 Å². The highest BCUT2D eigenvalue weighted by atomic mass is 16.2. The number of aromatic nitrogens is 2. The van der Waals surface area contributed by atoms with Crippen molar-refractivity contribution >= 4 is 24.0 Å². The summed E-state index contributed by atoms with van der Waals surface area (Å²) >= 11 is 0. The van der Waals surface area contributed by atoms with Crippen molar-refractivity contribution in [2.24, 2.45) is 0 Å². The van der Waals surface area contributed by atoms with Crippen molar-refractivity contribution in [1.82, 2.24) is 15.1 Å². The smallest absolute Gasteiger partial charge is 0.301 e. The second-order valence-electron chi connectivity index (χ2n) is 3.32. The first-order valence-electron chi connectivity index (χ1n) is 4.79. The van der Waals surface area contributed by atoms with Gasteiger partial charge in [-0.2, -0.15) is 5.10 Å². The minimum atomic E-state index is -0.479. The van der Waals surface area contributed by atoms with Crippen molar-refractivity contribution in [3.05, 3.63) is 12.3 Å². The van der Waals surface area contributed by atoms with E-state index in [1.54, 1.807) is 12.3 Å². The summed E-state index contributed by atoms with van der Waals surface area (Å²) in [5, 5.41) is 6.24. The van der Waals surface area contributed by atoms with E-state index in [9.17, 15) is 14.4 Å². The van der Waals surface area contributed by atoms with Crippen molar-refractivity contribution in [3.8, 4) is 0 Å². The fraction of sp³-hybridized carbons (Fsp3) is 0.333. The summed E-state index contributed by atoms with van der Waals surface area (Å²) in [5.74, 6) is 0.153. The maximum Gasteiger partial charge on any atom is 0.329 e. The fourth-order valence-corrected chi connectivity index (χ4v) is 1.46. The highest BCUT2D eigenvalue weighted by Gasteiger charge is 2.25. The molecule has 0 saturated carbocycles. The number of hydrogen-bond donors (Lipinski definition) is 1. The number of urea groups is 1. The Morgan fingerprint density at radius 2 is 2.31 bits per heavy atom. The Balaban J connectivity index is 2.13. The number of amides is 3. The summed E-state index contributed by atoms with van der Waals surface area (Å²) < 4.78 is 1.42. The molecule has 1 N–H and O–H groups in total. The Morgan fingerprint density at radius 3 is 3.00 bits per heavy atom. The standard InChI is InChI=1S/C9H10N4O3/c14-6-5-12-3-1-7(11-12)13-4-2-8(15)10-9(13)16/h1,3,6H,2,4-5H2,(H,10,15,16). The van der Waals surface area contributed by atoms with Gasteiger partial charge in [0.25, 0.3) is 0 Å². The lowest BCUT2D eigenvalue weighted by molar-refractivity contribution is -0.120. The first-order chi connectivity index (χ1) is 7.70. The Kier molecular flexibility index (Phi) is 2.67. The van der Waals surface area contributed by atoms with E-state index in [2.05, 4.69) is 10.4 Å². The largest absolute Gasteiger partial charge is 0.329 e. The number of rotatable bonds is 3. The van der Waals surface area contributed by atoms with Crippen molar-refractivity contribution in [2.75, 3.05) is 11.4 Å². The average molecular weight is 222 g/mol. The molecule has 7 heteroatoms. The lowest BCUT2D eigenvalue weighted by Crippen LogP contribution is -2.49. The zero-order chi connectivity index (χ0) is 11.5. The summed E-state index contributed by atoms with van der Waals surface area (Å²) in [6.07, 6.45) is 2.58. The van der Waals surface area contributed by atoms with Crippen LogP contribution in [0.25, 0.3) is 0 Å². The van der Waals surface area contributed by atoms with Gasteiger partial charge in [0, 0.05) is 25.2 Å². The van der Waals surface area contributed by atoms with E-state index in [4.69, 9.17) is 0 Å². The zero-order valence-corrected chi connectivity index (χ0v) is 8.42. The number of anilines is 1. The summed E-state index contributed by atoms with van der Waals surface area (Å²) in [6.45, 7) is 0.456. The number of nitrogens with one attached hydrogen (secondary N) is 1. The second-order valence-corrected chi connectivity index (χ2v) is 3.32. The molecule has 0 atom stereocenters. The maximum atomic E-state index is 11.4. The molecule has 84 valence electrons. The summed E-state index contributed by atoms with van der Waals surface area (Å²) in [4.78, 5) is 34.0. The monoisotopic (exact) mass is 222 g/mol. The third-order valence-electron chi connectivity index (χ3n) is 2.22. The van der Waals surface area contributed by atoms with Crippen molar-refractivity contribution in [3.63, 3.8) is 0 Å². The van der Waals surface area contributed by atoms with Crippen molar-refractivity contribution in [2.45, 2.75) is 13.0 Å². The van der Waals surface area contributed by atoms with Gasteiger partial charge in [0.05, 0.1) is 6.54 Å². The minimum absolute atomic E-state index is 0.147. The second kappa shape index (κ2) is 4.13. The van der Waals surface area contributed by atoms with Gasteiger partial charge >= 0.3 is 6.03 Å². The molecule has 1 fully saturated rings. The van der Waals surface area contributed by atoms with Crippen LogP contribution in [0.2, 0.25) is 0 Å². The van der Waals surface area contributed by atoms with E-state index in [-0.39, 0.29) is 18.9 Å². The number of nitrogens with zero attached hydrogens (tertiary/aromatic N) is 3. The fourth-order valence-electron chi connectivity index (χ4n) is 1.46. The molecule has 1 saturated heterocycles. The molecule has 1 aromatic heterocycles. The molecular weight excluding hydrogens is 212 g/mol. The molecule has 0 spiro atoms. The van der Waals surface area contributed by atoms with Gasteiger partial charge in [-0.25, -0.2) is 4.79 Å². The van der Waals surface area contributed by atoms with Gasteiger partial charge in [-0.3, -0.25) is 19.7 Å².